The van der Waals surface area contributed by atoms with Gasteiger partial charge in [0.15, 0.2) is 0 Å². The molecule has 3 atom stereocenters. The van der Waals surface area contributed by atoms with Gasteiger partial charge in [-0.05, 0) is 83.3 Å². The largest absolute Gasteiger partial charge is 0.353 e. The molecule has 0 radical (unpaired) electrons. The second-order valence-corrected chi connectivity index (χ2v) is 17.7. The van der Waals surface area contributed by atoms with Crippen molar-refractivity contribution >= 4 is 35.0 Å². The van der Waals surface area contributed by atoms with E-state index in [0.717, 1.165) is 54.1 Å². The Hall–Kier alpha value is -3.49. The summed E-state index contributed by atoms with van der Waals surface area (Å²) in [6.07, 6.45) is 6.93. The maximum absolute atomic E-state index is 14.3. The number of hydrogen-bond acceptors (Lipinski definition) is 8. The third kappa shape index (κ3) is 10.1. The molecule has 3 N–H and O–H groups in total. The normalized spacial score (nSPS) is 26.3. The van der Waals surface area contributed by atoms with Crippen LogP contribution in [-0.4, -0.2) is 119 Å². The van der Waals surface area contributed by atoms with Crippen molar-refractivity contribution in [1.82, 2.24) is 35.6 Å². The highest BCUT2D eigenvalue weighted by Gasteiger charge is 2.45. The molecule has 55 heavy (non-hydrogen) atoms. The van der Waals surface area contributed by atoms with Crippen LogP contribution in [-0.2, 0) is 20.8 Å². The molecule has 0 spiro atoms. The second kappa shape index (κ2) is 17.8. The van der Waals surface area contributed by atoms with Gasteiger partial charge < -0.3 is 25.8 Å². The summed E-state index contributed by atoms with van der Waals surface area (Å²) in [4.78, 5) is 66.3. The molecule has 6 bridgehead atoms. The lowest BCUT2D eigenvalue weighted by Gasteiger charge is -2.41. The summed E-state index contributed by atoms with van der Waals surface area (Å²) in [5.74, 6) is -2.46. The highest BCUT2D eigenvalue weighted by atomic mass is 32.1. The maximum atomic E-state index is 14.3. The number of amides is 4. The fourth-order valence-corrected chi connectivity index (χ4v) is 10.5. The molecular weight excluding hydrogens is 725 g/mol. The first-order chi connectivity index (χ1) is 26.5. The summed E-state index contributed by atoms with van der Waals surface area (Å²) < 4.78 is 27.9. The molecule has 3 saturated heterocycles. The van der Waals surface area contributed by atoms with Gasteiger partial charge in [-0.1, -0.05) is 18.2 Å². The average Bonchev–Trinajstić information content (AvgIpc) is 3.78. The van der Waals surface area contributed by atoms with Crippen molar-refractivity contribution in [3.63, 3.8) is 0 Å². The lowest BCUT2D eigenvalue weighted by Crippen LogP contribution is -2.54. The zero-order valence-corrected chi connectivity index (χ0v) is 32.9. The van der Waals surface area contributed by atoms with Crippen molar-refractivity contribution in [3.05, 3.63) is 51.5 Å². The first kappa shape index (κ1) is 39.7. The molecule has 4 amide bonds. The van der Waals surface area contributed by atoms with Crippen LogP contribution in [0.5, 0.6) is 0 Å². The molecule has 7 heterocycles. The highest BCUT2D eigenvalue weighted by Crippen LogP contribution is 2.36. The lowest BCUT2D eigenvalue weighted by molar-refractivity contribution is -0.139. The molecule has 11 nitrogen and oxygen atoms in total. The SMILES string of the molecule is Cc1sc2nc1CC(=O)N[C@@H](CCCCNC(=O)c1ccccc1)CC(=O)N1CCC(CC1)N1C[C@@H](NC3CCC(F)(F)CC3)C[C@H]1C(=O)N1CCC2CC1. The molecule has 4 fully saturated rings. The molecule has 1 aromatic heterocycles. The number of unbranched alkanes of at least 4 members (excludes halogenated alkanes) is 1. The van der Waals surface area contributed by atoms with E-state index >= 15 is 0 Å². The van der Waals surface area contributed by atoms with Crippen LogP contribution in [0, 0.1) is 6.92 Å². The van der Waals surface area contributed by atoms with Gasteiger partial charge in [-0.25, -0.2) is 13.8 Å². The molecule has 300 valence electrons. The van der Waals surface area contributed by atoms with E-state index in [1.165, 1.54) is 0 Å². The number of piperidine rings is 2. The summed E-state index contributed by atoms with van der Waals surface area (Å²) in [5.41, 5.74) is 1.38. The van der Waals surface area contributed by atoms with Crippen molar-refractivity contribution in [2.24, 2.45) is 0 Å². The van der Waals surface area contributed by atoms with Gasteiger partial charge in [0.2, 0.25) is 23.6 Å². The first-order valence-corrected chi connectivity index (χ1v) is 21.4. The number of aryl methyl sites for hydroxylation is 1. The van der Waals surface area contributed by atoms with E-state index in [4.69, 9.17) is 4.98 Å². The molecule has 0 unspecified atom stereocenters. The van der Waals surface area contributed by atoms with Crippen LogP contribution in [0.15, 0.2) is 30.3 Å². The molecule has 14 heteroatoms. The molecule has 9 rings (SSSR count). The Morgan fingerprint density at radius 2 is 1.65 bits per heavy atom. The predicted molar refractivity (Wildman–Crippen MR) is 207 cm³/mol. The fraction of sp³-hybridized carbons (Fsp3) is 0.683. The first-order valence-electron chi connectivity index (χ1n) is 20.6. The highest BCUT2D eigenvalue weighted by molar-refractivity contribution is 7.11. The smallest absolute Gasteiger partial charge is 0.251 e. The van der Waals surface area contributed by atoms with Crippen LogP contribution >= 0.6 is 11.3 Å². The van der Waals surface area contributed by atoms with E-state index in [-0.39, 0.29) is 85.4 Å². The molecule has 6 aliphatic heterocycles. The van der Waals surface area contributed by atoms with Gasteiger partial charge in [-0.2, -0.15) is 0 Å². The third-order valence-corrected chi connectivity index (χ3v) is 13.8. The zero-order chi connectivity index (χ0) is 38.5. The number of halogens is 2. The average molecular weight is 782 g/mol. The predicted octanol–water partition coefficient (Wildman–Crippen LogP) is 4.79. The molecule has 7 aliphatic rings. The van der Waals surface area contributed by atoms with E-state index in [9.17, 15) is 28.0 Å². The minimum atomic E-state index is -2.58. The van der Waals surface area contributed by atoms with E-state index in [1.807, 2.05) is 34.9 Å². The summed E-state index contributed by atoms with van der Waals surface area (Å²) in [6, 6.07) is 8.71. The number of thiazole rings is 1. The third-order valence-electron chi connectivity index (χ3n) is 12.6. The zero-order valence-electron chi connectivity index (χ0n) is 32.1. The monoisotopic (exact) mass is 781 g/mol. The Balaban J connectivity index is 1.03. The topological polar surface area (TPSA) is 127 Å². The van der Waals surface area contributed by atoms with Gasteiger partial charge >= 0.3 is 0 Å². The number of rotatable bonds is 8. The number of nitrogens with zero attached hydrogens (tertiary/aromatic N) is 4. The Labute approximate surface area is 327 Å². The Morgan fingerprint density at radius 1 is 0.945 bits per heavy atom. The summed E-state index contributed by atoms with van der Waals surface area (Å²) >= 11 is 1.64. The van der Waals surface area contributed by atoms with E-state index in [2.05, 4.69) is 20.9 Å². The summed E-state index contributed by atoms with van der Waals surface area (Å²) in [5, 5.41) is 10.8. The second-order valence-electron chi connectivity index (χ2n) is 16.5. The Kier molecular flexibility index (Phi) is 12.8. The molecule has 2 aromatic rings. The Bertz CT molecular complexity index is 1650. The van der Waals surface area contributed by atoms with Gasteiger partial charge in [0.05, 0.1) is 23.2 Å². The Morgan fingerprint density at radius 3 is 2.38 bits per heavy atom. The minimum Gasteiger partial charge on any atom is -0.353 e. The van der Waals surface area contributed by atoms with Gasteiger partial charge in [0, 0.05) is 99.1 Å². The van der Waals surface area contributed by atoms with Gasteiger partial charge in [-0.3, -0.25) is 24.1 Å². The molecule has 1 aromatic carbocycles. The maximum Gasteiger partial charge on any atom is 0.251 e. The summed E-state index contributed by atoms with van der Waals surface area (Å²) in [6.45, 7) is 5.67. The number of carbonyl (C=O) groups is 4. The van der Waals surface area contributed by atoms with Crippen molar-refractivity contribution in [3.8, 4) is 0 Å². The van der Waals surface area contributed by atoms with Gasteiger partial charge in [0.25, 0.3) is 5.91 Å². The van der Waals surface area contributed by atoms with Gasteiger partial charge in [0.1, 0.15) is 0 Å². The number of hydrogen-bond donors (Lipinski definition) is 3. The van der Waals surface area contributed by atoms with Crippen LogP contribution in [0.4, 0.5) is 8.78 Å². The van der Waals surface area contributed by atoms with Crippen molar-refractivity contribution in [2.75, 3.05) is 39.3 Å². The lowest BCUT2D eigenvalue weighted by atomic mass is 9.91. The number of aromatic nitrogens is 1. The number of carbonyl (C=O) groups excluding carboxylic acids is 4. The van der Waals surface area contributed by atoms with Crippen LogP contribution in [0.1, 0.15) is 115 Å². The van der Waals surface area contributed by atoms with E-state index in [0.29, 0.717) is 70.5 Å². The standard InChI is InChI=1S/C41H57F2N7O4S/c1-27-34-25-36(51)46-31(9-5-6-18-44-38(53)28-7-3-2-4-8-28)24-37(52)48-21-14-33(15-22-48)50-26-32(45-30-10-16-41(42,43)17-11-30)23-35(50)40(54)49-19-12-29(13-20-49)39(47-34)55-27/h2-4,7-8,29-33,35,45H,5-6,9-26H2,1H3,(H,44,53)(H,46,51)/t31-,32-,35-/m0/s1. The summed E-state index contributed by atoms with van der Waals surface area (Å²) in [7, 11) is 0. The van der Waals surface area contributed by atoms with Crippen LogP contribution < -0.4 is 16.0 Å². The van der Waals surface area contributed by atoms with E-state index in [1.54, 1.807) is 23.5 Å². The quantitative estimate of drug-likeness (QED) is 0.329. The van der Waals surface area contributed by atoms with E-state index < -0.39 is 5.92 Å². The van der Waals surface area contributed by atoms with Crippen molar-refractivity contribution < 1.29 is 28.0 Å². The van der Waals surface area contributed by atoms with Crippen molar-refractivity contribution in [1.29, 1.82) is 0 Å². The molecule has 1 aliphatic carbocycles. The van der Waals surface area contributed by atoms with Crippen LogP contribution in [0.2, 0.25) is 0 Å². The fourth-order valence-electron chi connectivity index (χ4n) is 9.37. The number of nitrogens with one attached hydrogen (secondary N) is 3. The number of benzene rings is 1. The van der Waals surface area contributed by atoms with Gasteiger partial charge in [-0.15, -0.1) is 11.3 Å². The minimum absolute atomic E-state index is 0.00812. The number of alkyl halides is 2. The number of fused-ring (bicyclic) bond motifs is 2. The van der Waals surface area contributed by atoms with Crippen LogP contribution in [0.25, 0.3) is 0 Å². The molecular formula is C41H57F2N7O4S. The van der Waals surface area contributed by atoms with Crippen LogP contribution in [0.3, 0.4) is 0 Å². The molecule has 1 saturated carbocycles. The van der Waals surface area contributed by atoms with Crippen molar-refractivity contribution in [2.45, 2.75) is 139 Å².